The van der Waals surface area contributed by atoms with Crippen LogP contribution in [-0.4, -0.2) is 24.6 Å². The Hall–Kier alpha value is -2.75. The molecule has 0 atom stereocenters. The van der Waals surface area contributed by atoms with E-state index >= 15 is 0 Å². The summed E-state index contributed by atoms with van der Waals surface area (Å²) in [5, 5.41) is 0. The van der Waals surface area contributed by atoms with Crippen LogP contribution in [0.4, 0.5) is 5.69 Å². The molecular weight excluding hydrogens is 266 g/mol. The summed E-state index contributed by atoms with van der Waals surface area (Å²) in [7, 11) is 1.33. The van der Waals surface area contributed by atoms with Crippen LogP contribution >= 0.6 is 0 Å². The van der Waals surface area contributed by atoms with Gasteiger partial charge in [-0.2, -0.15) is 0 Å². The first kappa shape index (κ1) is 13.2. The van der Waals surface area contributed by atoms with Gasteiger partial charge in [0.25, 0.3) is 0 Å². The summed E-state index contributed by atoms with van der Waals surface area (Å²) in [5.41, 5.74) is 3.19. The quantitative estimate of drug-likeness (QED) is 0.794. The smallest absolute Gasteiger partial charge is 0.337 e. The third kappa shape index (κ3) is 2.48. The van der Waals surface area contributed by atoms with Crippen molar-refractivity contribution in [2.24, 2.45) is 4.99 Å². The summed E-state index contributed by atoms with van der Waals surface area (Å²) >= 11 is 0. The van der Waals surface area contributed by atoms with Crippen LogP contribution in [0.2, 0.25) is 0 Å². The second kappa shape index (κ2) is 5.32. The van der Waals surface area contributed by atoms with Crippen LogP contribution in [0.25, 0.3) is 0 Å². The van der Waals surface area contributed by atoms with E-state index in [0.29, 0.717) is 11.3 Å². The normalized spacial score (nSPS) is 13.4. The maximum Gasteiger partial charge on any atom is 0.337 e. The van der Waals surface area contributed by atoms with Crippen molar-refractivity contribution in [1.29, 1.82) is 0 Å². The lowest BCUT2D eigenvalue weighted by molar-refractivity contribution is -0.112. The maximum absolute atomic E-state index is 12.3. The average molecular weight is 279 g/mol. The molecule has 0 saturated heterocycles. The Balaban J connectivity index is 2.04. The lowest BCUT2D eigenvalue weighted by Gasteiger charge is -2.15. The SMILES string of the molecule is COC(=O)c1ccc2c(c1)CC(=O)C(c1ccccc1)=N2. The Morgan fingerprint density at radius 1 is 1.14 bits per heavy atom. The van der Waals surface area contributed by atoms with Crippen LogP contribution in [0.3, 0.4) is 0 Å². The second-order valence-electron chi connectivity index (χ2n) is 4.76. The number of ketones is 1. The first-order valence-electron chi connectivity index (χ1n) is 6.57. The van der Waals surface area contributed by atoms with Gasteiger partial charge in [0.05, 0.1) is 18.4 Å². The van der Waals surface area contributed by atoms with Crippen LogP contribution in [0.1, 0.15) is 21.5 Å². The third-order valence-electron chi connectivity index (χ3n) is 3.40. The van der Waals surface area contributed by atoms with E-state index in [1.807, 2.05) is 30.3 Å². The zero-order valence-electron chi connectivity index (χ0n) is 11.5. The molecule has 2 aromatic carbocycles. The highest BCUT2D eigenvalue weighted by molar-refractivity contribution is 6.47. The van der Waals surface area contributed by atoms with Crippen LogP contribution in [0.15, 0.2) is 53.5 Å². The van der Waals surface area contributed by atoms with Gasteiger partial charge >= 0.3 is 5.97 Å². The van der Waals surface area contributed by atoms with Crippen LogP contribution in [0.5, 0.6) is 0 Å². The molecule has 4 nitrogen and oxygen atoms in total. The van der Waals surface area contributed by atoms with E-state index in [4.69, 9.17) is 0 Å². The van der Waals surface area contributed by atoms with Crippen molar-refractivity contribution in [3.05, 3.63) is 65.2 Å². The molecule has 104 valence electrons. The molecule has 0 aromatic heterocycles. The maximum atomic E-state index is 12.3. The summed E-state index contributed by atoms with van der Waals surface area (Å²) < 4.78 is 4.68. The molecule has 0 N–H and O–H groups in total. The molecule has 1 heterocycles. The molecule has 1 aliphatic rings. The van der Waals surface area contributed by atoms with Crippen molar-refractivity contribution in [3.63, 3.8) is 0 Å². The number of esters is 1. The average Bonchev–Trinajstić information content (AvgIpc) is 2.53. The lowest BCUT2D eigenvalue weighted by atomic mass is 9.95. The molecule has 0 spiro atoms. The predicted octanol–water partition coefficient (Wildman–Crippen LogP) is 2.72. The summed E-state index contributed by atoms with van der Waals surface area (Å²) in [6, 6.07) is 14.5. The number of hydrogen-bond acceptors (Lipinski definition) is 4. The van der Waals surface area contributed by atoms with Gasteiger partial charge in [-0.15, -0.1) is 0 Å². The number of benzene rings is 2. The first-order chi connectivity index (χ1) is 10.2. The molecule has 0 saturated carbocycles. The number of nitrogens with zero attached hydrogens (tertiary/aromatic N) is 1. The van der Waals surface area contributed by atoms with Crippen LogP contribution in [0, 0.1) is 0 Å². The predicted molar refractivity (Wildman–Crippen MR) is 79.1 cm³/mol. The summed E-state index contributed by atoms with van der Waals surface area (Å²) in [6.45, 7) is 0. The number of rotatable bonds is 2. The van der Waals surface area contributed by atoms with Crippen molar-refractivity contribution in [2.45, 2.75) is 6.42 Å². The highest BCUT2D eigenvalue weighted by Crippen LogP contribution is 2.27. The van der Waals surface area contributed by atoms with E-state index in [9.17, 15) is 9.59 Å². The van der Waals surface area contributed by atoms with Crippen LogP contribution < -0.4 is 0 Å². The second-order valence-corrected chi connectivity index (χ2v) is 4.76. The molecule has 3 rings (SSSR count). The van der Waals surface area contributed by atoms with E-state index in [1.54, 1.807) is 18.2 Å². The molecule has 0 bridgehead atoms. The van der Waals surface area contributed by atoms with Crippen molar-refractivity contribution in [1.82, 2.24) is 0 Å². The number of fused-ring (bicyclic) bond motifs is 1. The van der Waals surface area contributed by atoms with Gasteiger partial charge in [0.2, 0.25) is 0 Å². The Bertz CT molecular complexity index is 748. The summed E-state index contributed by atoms with van der Waals surface area (Å²) in [5.74, 6) is -0.459. The number of ether oxygens (including phenoxy) is 1. The van der Waals surface area contributed by atoms with Gasteiger partial charge in [-0.3, -0.25) is 4.79 Å². The standard InChI is InChI=1S/C17H13NO3/c1-21-17(20)12-7-8-14-13(9-12)10-15(19)16(18-14)11-5-3-2-4-6-11/h2-9H,10H2,1H3. The Kier molecular flexibility index (Phi) is 3.36. The highest BCUT2D eigenvalue weighted by atomic mass is 16.5. The number of aliphatic imine (C=N–C) groups is 1. The fourth-order valence-corrected chi connectivity index (χ4v) is 2.34. The molecule has 0 amide bonds. The zero-order chi connectivity index (χ0) is 14.8. The van der Waals surface area contributed by atoms with Gasteiger partial charge in [-0.1, -0.05) is 30.3 Å². The minimum absolute atomic E-state index is 0.0456. The van der Waals surface area contributed by atoms with Crippen molar-refractivity contribution >= 4 is 23.2 Å². The molecule has 0 radical (unpaired) electrons. The number of hydrogen-bond donors (Lipinski definition) is 0. The van der Waals surface area contributed by atoms with E-state index in [0.717, 1.165) is 16.8 Å². The van der Waals surface area contributed by atoms with E-state index in [-0.39, 0.29) is 12.2 Å². The summed E-state index contributed by atoms with van der Waals surface area (Å²) in [6.07, 6.45) is 0.244. The molecule has 2 aromatic rings. The fraction of sp³-hybridized carbons (Fsp3) is 0.118. The van der Waals surface area contributed by atoms with Crippen molar-refractivity contribution in [3.8, 4) is 0 Å². The fourth-order valence-electron chi connectivity index (χ4n) is 2.34. The van der Waals surface area contributed by atoms with Gasteiger partial charge < -0.3 is 4.74 Å². The van der Waals surface area contributed by atoms with Crippen molar-refractivity contribution in [2.75, 3.05) is 7.11 Å². The third-order valence-corrected chi connectivity index (χ3v) is 3.40. The number of Topliss-reactive ketones (excluding diaryl/α,β-unsaturated/α-hetero) is 1. The van der Waals surface area contributed by atoms with E-state index in [2.05, 4.69) is 9.73 Å². The molecule has 21 heavy (non-hydrogen) atoms. The van der Waals surface area contributed by atoms with Gasteiger partial charge in [-0.05, 0) is 23.8 Å². The molecule has 1 aliphatic heterocycles. The number of carbonyl (C=O) groups excluding carboxylic acids is 2. The van der Waals surface area contributed by atoms with Gasteiger partial charge in [-0.25, -0.2) is 9.79 Å². The van der Waals surface area contributed by atoms with Gasteiger partial charge in [0.15, 0.2) is 5.78 Å². The minimum Gasteiger partial charge on any atom is -0.465 e. The Labute approximate surface area is 122 Å². The molecule has 0 unspecified atom stereocenters. The van der Waals surface area contributed by atoms with Gasteiger partial charge in [0.1, 0.15) is 5.71 Å². The Morgan fingerprint density at radius 2 is 1.90 bits per heavy atom. The lowest BCUT2D eigenvalue weighted by Crippen LogP contribution is -2.21. The Morgan fingerprint density at radius 3 is 2.62 bits per heavy atom. The topological polar surface area (TPSA) is 55.7 Å². The highest BCUT2D eigenvalue weighted by Gasteiger charge is 2.22. The van der Waals surface area contributed by atoms with Crippen molar-refractivity contribution < 1.29 is 14.3 Å². The van der Waals surface area contributed by atoms with E-state index < -0.39 is 5.97 Å². The number of carbonyl (C=O) groups is 2. The molecular formula is C17H13NO3. The first-order valence-corrected chi connectivity index (χ1v) is 6.57. The zero-order valence-corrected chi connectivity index (χ0v) is 11.5. The van der Waals surface area contributed by atoms with Crippen LogP contribution in [-0.2, 0) is 16.0 Å². The monoisotopic (exact) mass is 279 g/mol. The number of methoxy groups -OCH3 is 1. The van der Waals surface area contributed by atoms with Gasteiger partial charge in [0, 0.05) is 12.0 Å². The molecule has 0 fully saturated rings. The summed E-state index contributed by atoms with van der Waals surface area (Å²) in [4.78, 5) is 28.2. The van der Waals surface area contributed by atoms with E-state index in [1.165, 1.54) is 7.11 Å². The largest absolute Gasteiger partial charge is 0.465 e. The molecule has 4 heteroatoms. The molecule has 0 aliphatic carbocycles. The minimum atomic E-state index is -0.414.